The molecule has 6 nitrogen and oxygen atoms in total. The Balaban J connectivity index is 1.75. The van der Waals surface area contributed by atoms with E-state index < -0.39 is 16.1 Å². The first-order valence-corrected chi connectivity index (χ1v) is 10.5. The van der Waals surface area contributed by atoms with Crippen molar-refractivity contribution < 1.29 is 17.9 Å². The van der Waals surface area contributed by atoms with Gasteiger partial charge >= 0.3 is 0 Å². The monoisotopic (exact) mass is 388 g/mol. The number of hydrogen-bond acceptors (Lipinski definition) is 4. The number of amides is 1. The van der Waals surface area contributed by atoms with Crippen LogP contribution in [0, 0.1) is 6.92 Å². The number of ether oxygens (including phenoxy) is 1. The fourth-order valence-corrected chi connectivity index (χ4v) is 4.82. The van der Waals surface area contributed by atoms with Gasteiger partial charge in [-0.2, -0.15) is 4.31 Å². The molecule has 0 bridgehead atoms. The van der Waals surface area contributed by atoms with Crippen LogP contribution in [0.25, 0.3) is 0 Å². The van der Waals surface area contributed by atoms with Crippen LogP contribution in [0.15, 0.2) is 53.4 Å². The van der Waals surface area contributed by atoms with E-state index in [4.69, 9.17) is 4.74 Å². The van der Waals surface area contributed by atoms with E-state index in [-0.39, 0.29) is 10.8 Å². The molecule has 2 aromatic rings. The second kappa shape index (κ2) is 8.10. The lowest BCUT2D eigenvalue weighted by Gasteiger charge is -2.23. The van der Waals surface area contributed by atoms with Crippen LogP contribution >= 0.6 is 0 Å². The second-order valence-corrected chi connectivity index (χ2v) is 8.42. The van der Waals surface area contributed by atoms with Gasteiger partial charge in [0.1, 0.15) is 11.8 Å². The first kappa shape index (κ1) is 19.4. The number of carbonyl (C=O) groups excluding carboxylic acids is 1. The van der Waals surface area contributed by atoms with Gasteiger partial charge in [0.25, 0.3) is 0 Å². The number of benzene rings is 2. The minimum atomic E-state index is -3.70. The summed E-state index contributed by atoms with van der Waals surface area (Å²) in [5.41, 5.74) is 1.60. The van der Waals surface area contributed by atoms with Crippen molar-refractivity contribution in [1.29, 1.82) is 0 Å². The lowest BCUT2D eigenvalue weighted by molar-refractivity contribution is -0.119. The standard InChI is InChI=1S/C20H24N2O4S/c1-3-26-17-10-8-16(9-11-17)21-20(23)19-5-4-14-22(19)27(24,25)18-12-6-15(2)7-13-18/h6-13,19H,3-5,14H2,1-2H3,(H,21,23)/t19-/m1/s1. The van der Waals surface area contributed by atoms with Crippen LogP contribution in [0.4, 0.5) is 5.69 Å². The molecule has 3 rings (SSSR count). The molecule has 27 heavy (non-hydrogen) atoms. The molecule has 2 aromatic carbocycles. The summed E-state index contributed by atoms with van der Waals surface area (Å²) in [4.78, 5) is 12.9. The number of aryl methyl sites for hydroxylation is 1. The summed E-state index contributed by atoms with van der Waals surface area (Å²) in [6.07, 6.45) is 1.17. The van der Waals surface area contributed by atoms with Crippen molar-refractivity contribution in [2.24, 2.45) is 0 Å². The maximum atomic E-state index is 13.0. The molecule has 1 fully saturated rings. The van der Waals surface area contributed by atoms with E-state index in [1.165, 1.54) is 4.31 Å². The highest BCUT2D eigenvalue weighted by atomic mass is 32.2. The maximum Gasteiger partial charge on any atom is 0.243 e. The van der Waals surface area contributed by atoms with Crippen LogP contribution < -0.4 is 10.1 Å². The van der Waals surface area contributed by atoms with Crippen molar-refractivity contribution in [3.63, 3.8) is 0 Å². The molecule has 0 aromatic heterocycles. The molecular formula is C20H24N2O4S. The molecule has 1 aliphatic heterocycles. The van der Waals surface area contributed by atoms with Crippen molar-refractivity contribution in [3.8, 4) is 5.75 Å². The van der Waals surface area contributed by atoms with Crippen LogP contribution in [0.5, 0.6) is 5.75 Å². The molecule has 0 spiro atoms. The number of nitrogens with one attached hydrogen (secondary N) is 1. The normalized spacial score (nSPS) is 17.6. The molecule has 1 atom stereocenters. The topological polar surface area (TPSA) is 75.7 Å². The van der Waals surface area contributed by atoms with Crippen LogP contribution in [-0.4, -0.2) is 37.8 Å². The number of rotatable bonds is 6. The Morgan fingerprint density at radius 3 is 2.44 bits per heavy atom. The zero-order chi connectivity index (χ0) is 19.4. The SMILES string of the molecule is CCOc1ccc(NC(=O)[C@H]2CCCN2S(=O)(=O)c2ccc(C)cc2)cc1. The molecule has 1 heterocycles. The fraction of sp³-hybridized carbons (Fsp3) is 0.350. The quantitative estimate of drug-likeness (QED) is 0.825. The van der Waals surface area contributed by atoms with Crippen molar-refractivity contribution in [3.05, 3.63) is 54.1 Å². The van der Waals surface area contributed by atoms with E-state index >= 15 is 0 Å². The summed E-state index contributed by atoms with van der Waals surface area (Å²) in [5.74, 6) is 0.410. The van der Waals surface area contributed by atoms with Gasteiger partial charge in [-0.1, -0.05) is 17.7 Å². The maximum absolute atomic E-state index is 13.0. The number of hydrogen-bond donors (Lipinski definition) is 1. The van der Waals surface area contributed by atoms with Gasteiger partial charge in [0.2, 0.25) is 15.9 Å². The van der Waals surface area contributed by atoms with Crippen LogP contribution in [0.1, 0.15) is 25.3 Å². The molecule has 1 aliphatic rings. The summed E-state index contributed by atoms with van der Waals surface area (Å²) in [6.45, 7) is 4.72. The molecule has 0 radical (unpaired) electrons. The van der Waals surface area contributed by atoms with Crippen molar-refractivity contribution in [1.82, 2.24) is 4.31 Å². The van der Waals surface area contributed by atoms with Gasteiger partial charge < -0.3 is 10.1 Å². The van der Waals surface area contributed by atoms with E-state index in [1.807, 2.05) is 13.8 Å². The summed E-state index contributed by atoms with van der Waals surface area (Å²) in [7, 11) is -3.70. The first-order valence-electron chi connectivity index (χ1n) is 9.04. The Morgan fingerprint density at radius 2 is 1.81 bits per heavy atom. The van der Waals surface area contributed by atoms with Gasteiger partial charge in [-0.25, -0.2) is 8.42 Å². The average Bonchev–Trinajstić information content (AvgIpc) is 3.15. The smallest absolute Gasteiger partial charge is 0.243 e. The van der Waals surface area contributed by atoms with Crippen LogP contribution in [0.3, 0.4) is 0 Å². The Bertz CT molecular complexity index is 893. The van der Waals surface area contributed by atoms with Crippen LogP contribution in [0.2, 0.25) is 0 Å². The van der Waals surface area contributed by atoms with Gasteiger partial charge in [-0.05, 0) is 63.1 Å². The number of nitrogens with zero attached hydrogens (tertiary/aromatic N) is 1. The number of sulfonamides is 1. The second-order valence-electron chi connectivity index (χ2n) is 6.53. The van der Waals surface area contributed by atoms with E-state index in [0.29, 0.717) is 31.7 Å². The fourth-order valence-electron chi connectivity index (χ4n) is 3.16. The zero-order valence-electron chi connectivity index (χ0n) is 15.5. The van der Waals surface area contributed by atoms with E-state index in [0.717, 1.165) is 11.3 Å². The van der Waals surface area contributed by atoms with E-state index in [1.54, 1.807) is 48.5 Å². The Hall–Kier alpha value is -2.38. The number of carbonyl (C=O) groups is 1. The molecule has 0 aliphatic carbocycles. The highest BCUT2D eigenvalue weighted by Gasteiger charge is 2.39. The van der Waals surface area contributed by atoms with Crippen molar-refractivity contribution in [2.45, 2.75) is 37.6 Å². The molecule has 1 N–H and O–H groups in total. The molecule has 1 saturated heterocycles. The summed E-state index contributed by atoms with van der Waals surface area (Å²) < 4.78 is 32.6. The zero-order valence-corrected chi connectivity index (χ0v) is 16.3. The average molecular weight is 388 g/mol. The number of anilines is 1. The Labute approximate surface area is 160 Å². The van der Waals surface area contributed by atoms with E-state index in [9.17, 15) is 13.2 Å². The minimum absolute atomic E-state index is 0.217. The van der Waals surface area contributed by atoms with Crippen molar-refractivity contribution in [2.75, 3.05) is 18.5 Å². The molecule has 1 amide bonds. The molecule has 0 saturated carbocycles. The molecule has 0 unspecified atom stereocenters. The Morgan fingerprint density at radius 1 is 1.15 bits per heavy atom. The summed E-state index contributed by atoms with van der Waals surface area (Å²) in [6, 6.07) is 13.0. The van der Waals surface area contributed by atoms with Gasteiger partial charge in [0, 0.05) is 12.2 Å². The predicted molar refractivity (Wildman–Crippen MR) is 104 cm³/mol. The third-order valence-electron chi connectivity index (χ3n) is 4.57. The third kappa shape index (κ3) is 4.31. The van der Waals surface area contributed by atoms with Crippen molar-refractivity contribution >= 4 is 21.6 Å². The highest BCUT2D eigenvalue weighted by molar-refractivity contribution is 7.89. The molecular weight excluding hydrogens is 364 g/mol. The van der Waals surface area contributed by atoms with Crippen LogP contribution in [-0.2, 0) is 14.8 Å². The van der Waals surface area contributed by atoms with Gasteiger partial charge in [-0.3, -0.25) is 4.79 Å². The third-order valence-corrected chi connectivity index (χ3v) is 6.49. The largest absolute Gasteiger partial charge is 0.494 e. The Kier molecular flexibility index (Phi) is 5.82. The highest BCUT2D eigenvalue weighted by Crippen LogP contribution is 2.27. The van der Waals surface area contributed by atoms with Gasteiger partial charge in [-0.15, -0.1) is 0 Å². The lowest BCUT2D eigenvalue weighted by Crippen LogP contribution is -2.43. The summed E-state index contributed by atoms with van der Waals surface area (Å²) >= 11 is 0. The first-order chi connectivity index (χ1) is 12.9. The van der Waals surface area contributed by atoms with Gasteiger partial charge in [0.15, 0.2) is 0 Å². The predicted octanol–water partition coefficient (Wildman–Crippen LogP) is 3.19. The minimum Gasteiger partial charge on any atom is -0.494 e. The molecule has 144 valence electrons. The summed E-state index contributed by atoms with van der Waals surface area (Å²) in [5, 5.41) is 2.82. The van der Waals surface area contributed by atoms with Gasteiger partial charge in [0.05, 0.1) is 11.5 Å². The lowest BCUT2D eigenvalue weighted by atomic mass is 10.2. The van der Waals surface area contributed by atoms with E-state index in [2.05, 4.69) is 5.32 Å². The molecule has 7 heteroatoms.